The maximum absolute atomic E-state index is 14.0. The fourth-order valence-electron chi connectivity index (χ4n) is 2.94. The van der Waals surface area contributed by atoms with E-state index in [1.165, 1.54) is 49.4 Å². The molecule has 2 rings (SSSR count). The monoisotopic (exact) mass is 431 g/mol. The highest BCUT2D eigenvalue weighted by Crippen LogP contribution is 2.14. The Hall–Kier alpha value is -3.82. The van der Waals surface area contributed by atoms with Gasteiger partial charge in [-0.1, -0.05) is 30.3 Å². The summed E-state index contributed by atoms with van der Waals surface area (Å²) in [5.41, 5.74) is 0.658. The van der Waals surface area contributed by atoms with Crippen LogP contribution in [0.25, 0.3) is 0 Å². The van der Waals surface area contributed by atoms with Gasteiger partial charge in [-0.3, -0.25) is 19.7 Å². The number of nitrogens with zero attached hydrogens (tertiary/aromatic N) is 1. The summed E-state index contributed by atoms with van der Waals surface area (Å²) in [4.78, 5) is 46.8. The molecule has 0 aliphatic heterocycles. The largest absolute Gasteiger partial charge is 0.467 e. The molecule has 2 aromatic rings. The standard InChI is InChI=1S/C21H22FN3O6/c1-13(26)23-18(12-15-5-3-4-6-17(15)22)20(27)24-19(21(28)31-2)11-14-7-9-16(10-8-14)25(29)30/h3-10,18-19H,11-12H2,1-2H3,(H,23,26)(H,24,27)/t18-,19-/m0/s1. The number of amides is 2. The first-order valence-corrected chi connectivity index (χ1v) is 9.33. The second-order valence-electron chi connectivity index (χ2n) is 6.76. The molecule has 0 saturated carbocycles. The average molecular weight is 431 g/mol. The van der Waals surface area contributed by atoms with Gasteiger partial charge in [-0.15, -0.1) is 0 Å². The van der Waals surface area contributed by atoms with E-state index in [1.54, 1.807) is 6.07 Å². The van der Waals surface area contributed by atoms with Crippen molar-refractivity contribution in [3.8, 4) is 0 Å². The second-order valence-corrected chi connectivity index (χ2v) is 6.76. The normalized spacial score (nSPS) is 12.4. The zero-order valence-corrected chi connectivity index (χ0v) is 17.0. The minimum absolute atomic E-state index is 0.00287. The number of rotatable bonds is 9. The molecule has 0 heterocycles. The van der Waals surface area contributed by atoms with Crippen molar-refractivity contribution in [2.45, 2.75) is 31.8 Å². The number of ether oxygens (including phenoxy) is 1. The average Bonchev–Trinajstić information content (AvgIpc) is 2.73. The zero-order chi connectivity index (χ0) is 23.0. The summed E-state index contributed by atoms with van der Waals surface area (Å²) >= 11 is 0. The molecule has 0 saturated heterocycles. The van der Waals surface area contributed by atoms with Gasteiger partial charge in [-0.2, -0.15) is 0 Å². The van der Waals surface area contributed by atoms with Gasteiger partial charge < -0.3 is 15.4 Å². The first-order chi connectivity index (χ1) is 14.7. The van der Waals surface area contributed by atoms with Gasteiger partial charge in [0.2, 0.25) is 11.8 Å². The van der Waals surface area contributed by atoms with Crippen LogP contribution in [0.2, 0.25) is 0 Å². The maximum Gasteiger partial charge on any atom is 0.328 e. The van der Waals surface area contributed by atoms with Gasteiger partial charge in [-0.05, 0) is 17.2 Å². The Morgan fingerprint density at radius 3 is 2.23 bits per heavy atom. The summed E-state index contributed by atoms with van der Waals surface area (Å²) in [6, 6.07) is 9.09. The van der Waals surface area contributed by atoms with Crippen molar-refractivity contribution in [3.63, 3.8) is 0 Å². The van der Waals surface area contributed by atoms with Crippen LogP contribution in [0, 0.1) is 15.9 Å². The first kappa shape index (κ1) is 23.5. The summed E-state index contributed by atoms with van der Waals surface area (Å²) in [5, 5.41) is 15.8. The molecule has 9 nitrogen and oxygen atoms in total. The topological polar surface area (TPSA) is 128 Å². The van der Waals surface area contributed by atoms with E-state index in [9.17, 15) is 28.9 Å². The third-order valence-electron chi connectivity index (χ3n) is 4.47. The Balaban J connectivity index is 2.18. The zero-order valence-electron chi connectivity index (χ0n) is 17.0. The van der Waals surface area contributed by atoms with Gasteiger partial charge in [0.05, 0.1) is 12.0 Å². The van der Waals surface area contributed by atoms with Crippen LogP contribution in [0.15, 0.2) is 48.5 Å². The van der Waals surface area contributed by atoms with Crippen molar-refractivity contribution in [2.75, 3.05) is 7.11 Å². The predicted molar refractivity (Wildman–Crippen MR) is 108 cm³/mol. The van der Waals surface area contributed by atoms with Crippen LogP contribution >= 0.6 is 0 Å². The van der Waals surface area contributed by atoms with E-state index >= 15 is 0 Å². The number of hydrogen-bond acceptors (Lipinski definition) is 6. The van der Waals surface area contributed by atoms with Crippen LogP contribution in [0.5, 0.6) is 0 Å². The van der Waals surface area contributed by atoms with Crippen molar-refractivity contribution < 1.29 is 28.4 Å². The number of esters is 1. The lowest BCUT2D eigenvalue weighted by molar-refractivity contribution is -0.384. The number of nitrogens with one attached hydrogen (secondary N) is 2. The predicted octanol–water partition coefficient (Wildman–Crippen LogP) is 1.68. The number of carbonyl (C=O) groups excluding carboxylic acids is 3. The Morgan fingerprint density at radius 2 is 1.68 bits per heavy atom. The lowest BCUT2D eigenvalue weighted by Crippen LogP contribution is -2.53. The number of halogens is 1. The van der Waals surface area contributed by atoms with E-state index in [2.05, 4.69) is 10.6 Å². The molecule has 0 fully saturated rings. The quantitative estimate of drug-likeness (QED) is 0.353. The third kappa shape index (κ3) is 6.88. The maximum atomic E-state index is 14.0. The third-order valence-corrected chi connectivity index (χ3v) is 4.47. The summed E-state index contributed by atoms with van der Waals surface area (Å²) in [5.74, 6) is -2.46. The summed E-state index contributed by atoms with van der Waals surface area (Å²) < 4.78 is 18.7. The van der Waals surface area contributed by atoms with Crippen molar-refractivity contribution in [3.05, 3.63) is 75.6 Å². The number of nitro groups is 1. The number of hydrogen-bond donors (Lipinski definition) is 2. The Kier molecular flexibility index (Phi) is 8.18. The Morgan fingerprint density at radius 1 is 1.03 bits per heavy atom. The lowest BCUT2D eigenvalue weighted by Gasteiger charge is -2.22. The summed E-state index contributed by atoms with van der Waals surface area (Å²) in [6.45, 7) is 1.22. The molecule has 2 N–H and O–H groups in total. The molecule has 0 aromatic heterocycles. The van der Waals surface area contributed by atoms with Gasteiger partial charge in [0.15, 0.2) is 0 Å². The molecule has 164 valence electrons. The van der Waals surface area contributed by atoms with Crippen molar-refractivity contribution in [1.29, 1.82) is 0 Å². The molecule has 0 unspecified atom stereocenters. The molecule has 0 aliphatic rings. The van der Waals surface area contributed by atoms with Gasteiger partial charge >= 0.3 is 5.97 Å². The number of carbonyl (C=O) groups is 3. The summed E-state index contributed by atoms with van der Waals surface area (Å²) in [7, 11) is 1.15. The molecule has 0 bridgehead atoms. The van der Waals surface area contributed by atoms with Gasteiger partial charge in [-0.25, -0.2) is 9.18 Å². The van der Waals surface area contributed by atoms with E-state index in [1.807, 2.05) is 0 Å². The van der Waals surface area contributed by atoms with Crippen molar-refractivity contribution in [2.24, 2.45) is 0 Å². The minimum Gasteiger partial charge on any atom is -0.467 e. The van der Waals surface area contributed by atoms with Crippen LogP contribution in [0.4, 0.5) is 10.1 Å². The van der Waals surface area contributed by atoms with E-state index in [0.29, 0.717) is 5.56 Å². The molecular formula is C21H22FN3O6. The number of non-ortho nitro benzene ring substituents is 1. The fourth-order valence-corrected chi connectivity index (χ4v) is 2.94. The molecule has 31 heavy (non-hydrogen) atoms. The molecule has 0 aliphatic carbocycles. The highest BCUT2D eigenvalue weighted by Gasteiger charge is 2.28. The second kappa shape index (κ2) is 10.8. The molecule has 2 aromatic carbocycles. The molecule has 0 radical (unpaired) electrons. The van der Waals surface area contributed by atoms with Gasteiger partial charge in [0, 0.05) is 31.9 Å². The fraction of sp³-hybridized carbons (Fsp3) is 0.286. The van der Waals surface area contributed by atoms with Crippen LogP contribution in [-0.4, -0.2) is 41.9 Å². The van der Waals surface area contributed by atoms with Crippen molar-refractivity contribution in [1.82, 2.24) is 10.6 Å². The number of nitro benzene ring substituents is 1. The SMILES string of the molecule is COC(=O)[C@H](Cc1ccc([N+](=O)[O-])cc1)NC(=O)[C@H](Cc1ccccc1F)NC(C)=O. The van der Waals surface area contributed by atoms with E-state index < -0.39 is 40.6 Å². The highest BCUT2D eigenvalue weighted by molar-refractivity contribution is 5.90. The van der Waals surface area contributed by atoms with Crippen LogP contribution < -0.4 is 10.6 Å². The number of benzene rings is 2. The van der Waals surface area contributed by atoms with Crippen molar-refractivity contribution >= 4 is 23.5 Å². The Labute approximate surface area is 177 Å². The summed E-state index contributed by atoms with van der Waals surface area (Å²) in [6.07, 6.45) is -0.119. The van der Waals surface area contributed by atoms with Crippen LogP contribution in [0.3, 0.4) is 0 Å². The van der Waals surface area contributed by atoms with Crippen LogP contribution in [0.1, 0.15) is 18.1 Å². The smallest absolute Gasteiger partial charge is 0.328 e. The van der Waals surface area contributed by atoms with E-state index in [0.717, 1.165) is 7.11 Å². The Bertz CT molecular complexity index is 964. The number of methoxy groups -OCH3 is 1. The lowest BCUT2D eigenvalue weighted by atomic mass is 10.0. The molecule has 2 atom stereocenters. The van der Waals surface area contributed by atoms with Gasteiger partial charge in [0.1, 0.15) is 17.9 Å². The van der Waals surface area contributed by atoms with Gasteiger partial charge in [0.25, 0.3) is 5.69 Å². The molecule has 0 spiro atoms. The molecular weight excluding hydrogens is 409 g/mol. The van der Waals surface area contributed by atoms with E-state index in [-0.39, 0.29) is 24.1 Å². The van der Waals surface area contributed by atoms with E-state index in [4.69, 9.17) is 4.74 Å². The minimum atomic E-state index is -1.13. The highest BCUT2D eigenvalue weighted by atomic mass is 19.1. The molecule has 10 heteroatoms. The first-order valence-electron chi connectivity index (χ1n) is 9.33. The molecule has 2 amide bonds. The van der Waals surface area contributed by atoms with Crippen LogP contribution in [-0.2, 0) is 32.0 Å².